The Labute approximate surface area is 110 Å². The number of nitrogens with zero attached hydrogens (tertiary/aromatic N) is 1. The molecule has 0 radical (unpaired) electrons. The summed E-state index contributed by atoms with van der Waals surface area (Å²) >= 11 is 4.76. The number of halogens is 3. The van der Waals surface area contributed by atoms with Crippen LogP contribution < -0.4 is 5.73 Å². The lowest BCUT2D eigenvalue weighted by Crippen LogP contribution is -2.23. The molecule has 0 saturated carbocycles. The fraction of sp³-hybridized carbons (Fsp3) is 0.417. The second-order valence-corrected chi connectivity index (χ2v) is 4.67. The molecule has 0 atom stereocenters. The summed E-state index contributed by atoms with van der Waals surface area (Å²) < 4.78 is 37.1. The van der Waals surface area contributed by atoms with Gasteiger partial charge in [0.05, 0.1) is 10.6 Å². The van der Waals surface area contributed by atoms with Gasteiger partial charge < -0.3 is 10.6 Å². The predicted molar refractivity (Wildman–Crippen MR) is 69.2 cm³/mol. The summed E-state index contributed by atoms with van der Waals surface area (Å²) in [5.41, 5.74) is 5.58. The highest BCUT2D eigenvalue weighted by molar-refractivity contribution is 7.80. The van der Waals surface area contributed by atoms with Gasteiger partial charge in [0.15, 0.2) is 0 Å². The van der Waals surface area contributed by atoms with E-state index in [-0.39, 0.29) is 0 Å². The van der Waals surface area contributed by atoms with Crippen molar-refractivity contribution in [3.8, 4) is 0 Å². The molecule has 1 aromatic carbocycles. The van der Waals surface area contributed by atoms with Crippen LogP contribution in [0, 0.1) is 0 Å². The predicted octanol–water partition coefficient (Wildman–Crippen LogP) is 2.81. The van der Waals surface area contributed by atoms with Crippen molar-refractivity contribution in [2.75, 3.05) is 13.6 Å². The Morgan fingerprint density at radius 2 is 1.83 bits per heavy atom. The van der Waals surface area contributed by atoms with Crippen LogP contribution in [0.15, 0.2) is 24.3 Å². The Bertz CT molecular complexity index is 401. The standard InChI is InChI=1S/C12H15F3N2S/c1-17(7-6-11(16)18)8-9-2-4-10(5-3-9)12(13,14)15/h2-5H,6-8H2,1H3,(H2,16,18). The third-order valence-electron chi connectivity index (χ3n) is 2.47. The second kappa shape index (κ2) is 6.15. The van der Waals surface area contributed by atoms with Crippen molar-refractivity contribution in [1.82, 2.24) is 4.90 Å². The van der Waals surface area contributed by atoms with Crippen LogP contribution in [0.4, 0.5) is 13.2 Å². The van der Waals surface area contributed by atoms with Gasteiger partial charge in [-0.25, -0.2) is 0 Å². The van der Waals surface area contributed by atoms with E-state index in [4.69, 9.17) is 18.0 Å². The van der Waals surface area contributed by atoms with Crippen LogP contribution >= 0.6 is 12.2 Å². The van der Waals surface area contributed by atoms with Crippen molar-refractivity contribution in [1.29, 1.82) is 0 Å². The fourth-order valence-electron chi connectivity index (χ4n) is 1.49. The van der Waals surface area contributed by atoms with E-state index >= 15 is 0 Å². The topological polar surface area (TPSA) is 29.3 Å². The Hall–Kier alpha value is -1.14. The molecule has 0 heterocycles. The maximum Gasteiger partial charge on any atom is 0.416 e. The van der Waals surface area contributed by atoms with Crippen molar-refractivity contribution >= 4 is 17.2 Å². The molecule has 6 heteroatoms. The molecule has 2 nitrogen and oxygen atoms in total. The van der Waals surface area contributed by atoms with Gasteiger partial charge in [-0.3, -0.25) is 0 Å². The minimum atomic E-state index is -4.28. The quantitative estimate of drug-likeness (QED) is 0.839. The first-order valence-electron chi connectivity index (χ1n) is 5.42. The van der Waals surface area contributed by atoms with Crippen molar-refractivity contribution in [3.05, 3.63) is 35.4 Å². The molecule has 100 valence electrons. The molecule has 0 fully saturated rings. The zero-order valence-electron chi connectivity index (χ0n) is 10.00. The molecule has 0 saturated heterocycles. The second-order valence-electron chi connectivity index (χ2n) is 4.15. The van der Waals surface area contributed by atoms with E-state index in [9.17, 15) is 13.2 Å². The normalized spacial score (nSPS) is 11.8. The lowest BCUT2D eigenvalue weighted by molar-refractivity contribution is -0.137. The molecule has 18 heavy (non-hydrogen) atoms. The van der Waals surface area contributed by atoms with Gasteiger partial charge in [-0.2, -0.15) is 13.2 Å². The van der Waals surface area contributed by atoms with Crippen LogP contribution in [-0.4, -0.2) is 23.5 Å². The molecule has 2 N–H and O–H groups in total. The van der Waals surface area contributed by atoms with E-state index in [0.29, 0.717) is 24.5 Å². The highest BCUT2D eigenvalue weighted by Crippen LogP contribution is 2.29. The monoisotopic (exact) mass is 276 g/mol. The van der Waals surface area contributed by atoms with E-state index < -0.39 is 11.7 Å². The summed E-state index contributed by atoms with van der Waals surface area (Å²) in [5.74, 6) is 0. The van der Waals surface area contributed by atoms with Gasteiger partial charge in [-0.1, -0.05) is 24.4 Å². The molecular weight excluding hydrogens is 261 g/mol. The van der Waals surface area contributed by atoms with E-state index in [2.05, 4.69) is 0 Å². The van der Waals surface area contributed by atoms with Crippen LogP contribution in [0.2, 0.25) is 0 Å². The first-order valence-corrected chi connectivity index (χ1v) is 5.83. The zero-order valence-corrected chi connectivity index (χ0v) is 10.8. The average Bonchev–Trinajstić information content (AvgIpc) is 2.26. The van der Waals surface area contributed by atoms with Crippen molar-refractivity contribution in [3.63, 3.8) is 0 Å². The number of hydrogen-bond acceptors (Lipinski definition) is 2. The minimum absolute atomic E-state index is 0.439. The molecule has 0 aliphatic rings. The van der Waals surface area contributed by atoms with Crippen LogP contribution in [-0.2, 0) is 12.7 Å². The van der Waals surface area contributed by atoms with Crippen molar-refractivity contribution < 1.29 is 13.2 Å². The van der Waals surface area contributed by atoms with Crippen LogP contribution in [0.3, 0.4) is 0 Å². The number of thiocarbonyl (C=S) groups is 1. The first-order chi connectivity index (χ1) is 8.29. The summed E-state index contributed by atoms with van der Waals surface area (Å²) in [6, 6.07) is 5.16. The van der Waals surface area contributed by atoms with E-state index in [0.717, 1.165) is 17.7 Å². The molecule has 0 unspecified atom stereocenters. The third-order valence-corrected chi connectivity index (χ3v) is 2.68. The molecule has 0 amide bonds. The van der Waals surface area contributed by atoms with Gasteiger partial charge in [0, 0.05) is 19.5 Å². The van der Waals surface area contributed by atoms with Gasteiger partial charge in [-0.15, -0.1) is 0 Å². The Kier molecular flexibility index (Phi) is 5.10. The molecule has 0 aliphatic heterocycles. The van der Waals surface area contributed by atoms with Crippen LogP contribution in [0.25, 0.3) is 0 Å². The summed E-state index contributed by atoms with van der Waals surface area (Å²) in [7, 11) is 1.87. The SMILES string of the molecule is CN(CCC(N)=S)Cc1ccc(C(F)(F)F)cc1. The number of benzene rings is 1. The smallest absolute Gasteiger partial charge is 0.393 e. The summed E-state index contributed by atoms with van der Waals surface area (Å²) in [6.07, 6.45) is -3.68. The lowest BCUT2D eigenvalue weighted by Gasteiger charge is -2.16. The highest BCUT2D eigenvalue weighted by Gasteiger charge is 2.29. The minimum Gasteiger partial charge on any atom is -0.393 e. The number of alkyl halides is 3. The van der Waals surface area contributed by atoms with Gasteiger partial charge in [0.25, 0.3) is 0 Å². The fourth-order valence-corrected chi connectivity index (χ4v) is 1.58. The van der Waals surface area contributed by atoms with Crippen LogP contribution in [0.5, 0.6) is 0 Å². The maximum absolute atomic E-state index is 12.4. The summed E-state index contributed by atoms with van der Waals surface area (Å²) in [6.45, 7) is 1.26. The Morgan fingerprint density at radius 3 is 2.28 bits per heavy atom. The molecular formula is C12H15F3N2S. The molecule has 1 aromatic rings. The van der Waals surface area contributed by atoms with Gasteiger partial charge in [-0.05, 0) is 24.7 Å². The van der Waals surface area contributed by atoms with E-state index in [1.54, 1.807) is 0 Å². The maximum atomic E-state index is 12.4. The third kappa shape index (κ3) is 5.01. The number of hydrogen-bond donors (Lipinski definition) is 1. The zero-order chi connectivity index (χ0) is 13.8. The Balaban J connectivity index is 2.56. The molecule has 0 spiro atoms. The van der Waals surface area contributed by atoms with E-state index in [1.165, 1.54) is 12.1 Å². The van der Waals surface area contributed by atoms with Gasteiger partial charge >= 0.3 is 6.18 Å². The van der Waals surface area contributed by atoms with Gasteiger partial charge in [0.2, 0.25) is 0 Å². The first kappa shape index (κ1) is 14.9. The largest absolute Gasteiger partial charge is 0.416 e. The van der Waals surface area contributed by atoms with Crippen LogP contribution in [0.1, 0.15) is 17.5 Å². The van der Waals surface area contributed by atoms with Crippen molar-refractivity contribution in [2.24, 2.45) is 5.73 Å². The number of rotatable bonds is 5. The lowest BCUT2D eigenvalue weighted by atomic mass is 10.1. The Morgan fingerprint density at radius 1 is 1.28 bits per heavy atom. The van der Waals surface area contributed by atoms with Crippen molar-refractivity contribution in [2.45, 2.75) is 19.1 Å². The summed E-state index contributed by atoms with van der Waals surface area (Å²) in [5, 5.41) is 0. The van der Waals surface area contributed by atoms with Gasteiger partial charge in [0.1, 0.15) is 0 Å². The molecule has 0 aliphatic carbocycles. The van der Waals surface area contributed by atoms with E-state index in [1.807, 2.05) is 11.9 Å². The molecule has 0 aromatic heterocycles. The summed E-state index contributed by atoms with van der Waals surface area (Å²) in [4.78, 5) is 2.40. The highest BCUT2D eigenvalue weighted by atomic mass is 32.1. The average molecular weight is 276 g/mol. The molecule has 0 bridgehead atoms. The molecule has 1 rings (SSSR count). The number of nitrogens with two attached hydrogens (primary N) is 1.